The van der Waals surface area contributed by atoms with Gasteiger partial charge in [0.05, 0.1) is 14.2 Å². The topological polar surface area (TPSA) is 20.2 Å². The predicted molar refractivity (Wildman–Crippen MR) is 70.0 cm³/mol. The summed E-state index contributed by atoms with van der Waals surface area (Å²) in [6, 6.07) is 7.71. The summed E-state index contributed by atoms with van der Waals surface area (Å²) in [7, 11) is 0. The standard InChI is InChI=1S/C10H8BrClOS2/c11-9-3-1-6(14-9)5-7(13)8-2-4-10(12)15-8/h1-4,7,13H,5H2. The number of halogens is 2. The van der Waals surface area contributed by atoms with E-state index in [1.807, 2.05) is 24.3 Å². The summed E-state index contributed by atoms with van der Waals surface area (Å²) < 4.78 is 1.81. The van der Waals surface area contributed by atoms with Crippen LogP contribution in [0.3, 0.4) is 0 Å². The second-order valence-electron chi connectivity index (χ2n) is 3.07. The quantitative estimate of drug-likeness (QED) is 0.881. The lowest BCUT2D eigenvalue weighted by atomic mass is 10.2. The van der Waals surface area contributed by atoms with Crippen LogP contribution in [0.15, 0.2) is 28.1 Å². The molecule has 0 saturated carbocycles. The monoisotopic (exact) mass is 322 g/mol. The van der Waals surface area contributed by atoms with E-state index in [4.69, 9.17) is 11.6 Å². The van der Waals surface area contributed by atoms with E-state index in [0.29, 0.717) is 6.42 Å². The molecule has 0 saturated heterocycles. The summed E-state index contributed by atoms with van der Waals surface area (Å²) in [5.41, 5.74) is 0. The van der Waals surface area contributed by atoms with Crippen LogP contribution < -0.4 is 0 Å². The highest BCUT2D eigenvalue weighted by atomic mass is 79.9. The van der Waals surface area contributed by atoms with E-state index in [2.05, 4.69) is 15.9 Å². The first-order chi connectivity index (χ1) is 7.15. The van der Waals surface area contributed by atoms with Crippen LogP contribution >= 0.6 is 50.2 Å². The van der Waals surface area contributed by atoms with Crippen LogP contribution in [-0.4, -0.2) is 5.11 Å². The minimum atomic E-state index is -0.451. The molecule has 80 valence electrons. The van der Waals surface area contributed by atoms with Crippen LogP contribution in [0, 0.1) is 0 Å². The summed E-state index contributed by atoms with van der Waals surface area (Å²) in [5, 5.41) is 9.94. The highest BCUT2D eigenvalue weighted by Gasteiger charge is 2.12. The van der Waals surface area contributed by atoms with Gasteiger partial charge in [-0.2, -0.15) is 0 Å². The minimum Gasteiger partial charge on any atom is -0.387 e. The van der Waals surface area contributed by atoms with E-state index in [-0.39, 0.29) is 0 Å². The Morgan fingerprint density at radius 2 is 2.07 bits per heavy atom. The Bertz CT molecular complexity index is 452. The van der Waals surface area contributed by atoms with Crippen LogP contribution in [0.1, 0.15) is 15.9 Å². The van der Waals surface area contributed by atoms with Crippen molar-refractivity contribution in [1.29, 1.82) is 0 Å². The van der Waals surface area contributed by atoms with Gasteiger partial charge in [0, 0.05) is 16.2 Å². The molecular weight excluding hydrogens is 316 g/mol. The van der Waals surface area contributed by atoms with Crippen molar-refractivity contribution in [3.05, 3.63) is 42.1 Å². The van der Waals surface area contributed by atoms with Crippen molar-refractivity contribution in [1.82, 2.24) is 0 Å². The third kappa shape index (κ3) is 3.04. The lowest BCUT2D eigenvalue weighted by molar-refractivity contribution is 0.183. The van der Waals surface area contributed by atoms with Gasteiger partial charge in [-0.25, -0.2) is 0 Å². The van der Waals surface area contributed by atoms with Gasteiger partial charge >= 0.3 is 0 Å². The number of rotatable bonds is 3. The molecule has 0 spiro atoms. The largest absolute Gasteiger partial charge is 0.387 e. The van der Waals surface area contributed by atoms with E-state index in [1.165, 1.54) is 16.2 Å². The molecule has 0 radical (unpaired) electrons. The van der Waals surface area contributed by atoms with Gasteiger partial charge in [0.15, 0.2) is 0 Å². The molecule has 15 heavy (non-hydrogen) atoms. The van der Waals surface area contributed by atoms with E-state index in [0.717, 1.165) is 13.0 Å². The third-order valence-corrected chi connectivity index (χ3v) is 4.92. The lowest BCUT2D eigenvalue weighted by Gasteiger charge is -2.05. The Hall–Kier alpha value is 0.130. The van der Waals surface area contributed by atoms with Gasteiger partial charge in [-0.3, -0.25) is 0 Å². The minimum absolute atomic E-state index is 0.451. The van der Waals surface area contributed by atoms with Gasteiger partial charge in [0.1, 0.15) is 0 Å². The Labute approximate surface area is 109 Å². The average molecular weight is 324 g/mol. The van der Waals surface area contributed by atoms with Crippen molar-refractivity contribution in [2.45, 2.75) is 12.5 Å². The van der Waals surface area contributed by atoms with Crippen molar-refractivity contribution < 1.29 is 5.11 Å². The molecule has 1 unspecified atom stereocenters. The van der Waals surface area contributed by atoms with Gasteiger partial charge in [-0.15, -0.1) is 22.7 Å². The maximum absolute atomic E-state index is 9.94. The van der Waals surface area contributed by atoms with Crippen molar-refractivity contribution in [2.75, 3.05) is 0 Å². The Balaban J connectivity index is 2.06. The summed E-state index contributed by atoms with van der Waals surface area (Å²) in [5.74, 6) is 0. The SMILES string of the molecule is OC(Cc1ccc(Br)s1)c1ccc(Cl)s1. The average Bonchev–Trinajstić information content (AvgIpc) is 2.75. The van der Waals surface area contributed by atoms with Crippen LogP contribution in [0.2, 0.25) is 4.34 Å². The second kappa shape index (κ2) is 4.97. The Kier molecular flexibility index (Phi) is 3.85. The van der Waals surface area contributed by atoms with E-state index < -0.39 is 6.10 Å². The number of hydrogen-bond acceptors (Lipinski definition) is 3. The zero-order valence-electron chi connectivity index (χ0n) is 7.61. The molecule has 2 heterocycles. The first-order valence-corrected chi connectivity index (χ1v) is 7.13. The molecule has 0 bridgehead atoms. The number of aliphatic hydroxyl groups is 1. The van der Waals surface area contributed by atoms with Gasteiger partial charge in [-0.1, -0.05) is 11.6 Å². The highest BCUT2D eigenvalue weighted by molar-refractivity contribution is 9.11. The van der Waals surface area contributed by atoms with Crippen molar-refractivity contribution in [3.63, 3.8) is 0 Å². The maximum Gasteiger partial charge on any atom is 0.0932 e. The number of thiophene rings is 2. The summed E-state index contributed by atoms with van der Waals surface area (Å²) in [6.07, 6.45) is 0.195. The number of aliphatic hydroxyl groups excluding tert-OH is 1. The van der Waals surface area contributed by atoms with Crippen molar-refractivity contribution >= 4 is 50.2 Å². The van der Waals surface area contributed by atoms with Crippen LogP contribution in [0.25, 0.3) is 0 Å². The molecule has 1 atom stereocenters. The van der Waals surface area contributed by atoms with E-state index >= 15 is 0 Å². The fourth-order valence-electron chi connectivity index (χ4n) is 1.26. The molecule has 0 aliphatic carbocycles. The molecule has 5 heteroatoms. The Morgan fingerprint density at radius 3 is 2.60 bits per heavy atom. The number of hydrogen-bond donors (Lipinski definition) is 1. The van der Waals surface area contributed by atoms with E-state index in [1.54, 1.807) is 11.3 Å². The van der Waals surface area contributed by atoms with Crippen LogP contribution in [0.4, 0.5) is 0 Å². The van der Waals surface area contributed by atoms with Crippen LogP contribution in [0.5, 0.6) is 0 Å². The molecular formula is C10H8BrClOS2. The van der Waals surface area contributed by atoms with Crippen molar-refractivity contribution in [2.24, 2.45) is 0 Å². The molecule has 2 aromatic rings. The zero-order chi connectivity index (χ0) is 10.8. The first kappa shape index (κ1) is 11.6. The highest BCUT2D eigenvalue weighted by Crippen LogP contribution is 2.31. The fourth-order valence-corrected chi connectivity index (χ4v) is 3.83. The van der Waals surface area contributed by atoms with Crippen molar-refractivity contribution in [3.8, 4) is 0 Å². The smallest absolute Gasteiger partial charge is 0.0932 e. The third-order valence-electron chi connectivity index (χ3n) is 1.95. The maximum atomic E-state index is 9.94. The molecule has 0 fully saturated rings. The van der Waals surface area contributed by atoms with E-state index in [9.17, 15) is 5.11 Å². The molecule has 1 N–H and O–H groups in total. The zero-order valence-corrected chi connectivity index (χ0v) is 11.6. The van der Waals surface area contributed by atoms with Crippen LogP contribution in [-0.2, 0) is 6.42 Å². The van der Waals surface area contributed by atoms with Gasteiger partial charge in [-0.05, 0) is 40.2 Å². The van der Waals surface area contributed by atoms with Gasteiger partial charge in [0.2, 0.25) is 0 Å². The molecule has 0 aliphatic rings. The summed E-state index contributed by atoms with van der Waals surface area (Å²) >= 11 is 12.3. The normalized spacial score (nSPS) is 13.0. The second-order valence-corrected chi connectivity index (χ2v) is 7.36. The summed E-state index contributed by atoms with van der Waals surface area (Å²) in [6.45, 7) is 0. The molecule has 0 aliphatic heterocycles. The van der Waals surface area contributed by atoms with Gasteiger partial charge in [0.25, 0.3) is 0 Å². The molecule has 2 aromatic heterocycles. The lowest BCUT2D eigenvalue weighted by Crippen LogP contribution is -1.97. The molecule has 0 aromatic carbocycles. The Morgan fingerprint density at radius 1 is 1.27 bits per heavy atom. The van der Waals surface area contributed by atoms with Gasteiger partial charge < -0.3 is 5.11 Å². The predicted octanol–water partition coefficient (Wildman–Crippen LogP) is 4.50. The molecule has 0 amide bonds. The first-order valence-electron chi connectivity index (χ1n) is 4.32. The summed E-state index contributed by atoms with van der Waals surface area (Å²) in [4.78, 5) is 2.09. The molecule has 1 nitrogen and oxygen atoms in total. The molecule has 2 rings (SSSR count). The fraction of sp³-hybridized carbons (Fsp3) is 0.200.